The van der Waals surface area contributed by atoms with Crippen LogP contribution in [0, 0.1) is 0 Å². The monoisotopic (exact) mass is 226 g/mol. The van der Waals surface area contributed by atoms with Crippen LogP contribution < -0.4 is 0 Å². The topological polar surface area (TPSA) is 63.6 Å². The van der Waals surface area contributed by atoms with Crippen molar-refractivity contribution in [2.75, 3.05) is 0 Å². The van der Waals surface area contributed by atoms with Gasteiger partial charge in [-0.3, -0.25) is 4.79 Å². The van der Waals surface area contributed by atoms with Gasteiger partial charge in [0, 0.05) is 10.6 Å². The molecule has 1 heterocycles. The maximum atomic E-state index is 11.4. The molecule has 1 aliphatic rings. The second kappa shape index (κ2) is 3.64. The number of aliphatic hydroxyl groups is 1. The predicted octanol–water partition coefficient (Wildman–Crippen LogP) is 0.868. The summed E-state index contributed by atoms with van der Waals surface area (Å²) in [5, 5.41) is 9.63. The second-order valence-corrected chi connectivity index (χ2v) is 3.61. The van der Waals surface area contributed by atoms with Crippen LogP contribution in [-0.2, 0) is 14.3 Å². The Morgan fingerprint density at radius 3 is 2.27 bits per heavy atom. The van der Waals surface area contributed by atoms with Gasteiger partial charge in [-0.15, -0.1) is 0 Å². The van der Waals surface area contributed by atoms with Gasteiger partial charge in [0.25, 0.3) is 0 Å². The fourth-order valence-electron chi connectivity index (χ4n) is 1.37. The highest BCUT2D eigenvalue weighted by Gasteiger charge is 2.42. The number of ketones is 1. The minimum Gasteiger partial charge on any atom is -0.447 e. The van der Waals surface area contributed by atoms with E-state index in [0.29, 0.717) is 10.6 Å². The van der Waals surface area contributed by atoms with Crippen molar-refractivity contribution < 1.29 is 19.4 Å². The fourth-order valence-corrected chi connectivity index (χ4v) is 1.49. The van der Waals surface area contributed by atoms with Crippen LogP contribution in [0.2, 0.25) is 5.02 Å². The van der Waals surface area contributed by atoms with Gasteiger partial charge in [0.2, 0.25) is 11.9 Å². The van der Waals surface area contributed by atoms with E-state index in [2.05, 4.69) is 0 Å². The number of ether oxygens (including phenoxy) is 1. The van der Waals surface area contributed by atoms with Crippen LogP contribution in [0.3, 0.4) is 0 Å². The fraction of sp³-hybridized carbons (Fsp3) is 0.200. The van der Waals surface area contributed by atoms with E-state index < -0.39 is 24.0 Å². The molecule has 0 aliphatic carbocycles. The molecule has 0 saturated carbocycles. The van der Waals surface area contributed by atoms with E-state index in [-0.39, 0.29) is 0 Å². The summed E-state index contributed by atoms with van der Waals surface area (Å²) in [6.07, 6.45) is -2.67. The van der Waals surface area contributed by atoms with Crippen molar-refractivity contribution in [3.63, 3.8) is 0 Å². The predicted molar refractivity (Wildman–Crippen MR) is 51.3 cm³/mol. The summed E-state index contributed by atoms with van der Waals surface area (Å²) >= 11 is 5.67. The molecular formula is C10H7ClO4. The number of halogens is 1. The van der Waals surface area contributed by atoms with Crippen molar-refractivity contribution in [1.82, 2.24) is 0 Å². The van der Waals surface area contributed by atoms with Crippen molar-refractivity contribution in [2.45, 2.75) is 12.2 Å². The number of rotatable bonds is 1. The third kappa shape index (κ3) is 1.73. The van der Waals surface area contributed by atoms with Gasteiger partial charge < -0.3 is 9.84 Å². The maximum absolute atomic E-state index is 11.4. The molecule has 2 rings (SSSR count). The smallest absolute Gasteiger partial charge is 0.344 e. The summed E-state index contributed by atoms with van der Waals surface area (Å²) in [6, 6.07) is 6.33. The maximum Gasteiger partial charge on any atom is 0.344 e. The van der Waals surface area contributed by atoms with Crippen LogP contribution in [0.1, 0.15) is 11.7 Å². The Bertz CT molecular complexity index is 412. The third-order valence-corrected chi connectivity index (χ3v) is 2.41. The molecular weight excluding hydrogens is 220 g/mol. The standard InChI is InChI=1S/C10H7ClO4/c11-6-3-1-5(2-4-6)9-7(12)8(13)10(14)15-9/h1-4,8-9,13H/t8?,9-/m0/s1. The Kier molecular flexibility index (Phi) is 2.46. The second-order valence-electron chi connectivity index (χ2n) is 3.17. The lowest BCUT2D eigenvalue weighted by atomic mass is 10.0. The van der Waals surface area contributed by atoms with E-state index in [0.717, 1.165) is 0 Å². The summed E-state index contributed by atoms with van der Waals surface area (Å²) in [5.41, 5.74) is 0.509. The highest BCUT2D eigenvalue weighted by molar-refractivity contribution is 6.30. The molecule has 5 heteroatoms. The first-order chi connectivity index (χ1) is 7.09. The lowest BCUT2D eigenvalue weighted by molar-refractivity contribution is -0.147. The minimum absolute atomic E-state index is 0.509. The van der Waals surface area contributed by atoms with Gasteiger partial charge in [0.15, 0.2) is 6.10 Å². The number of esters is 1. The highest BCUT2D eigenvalue weighted by Crippen LogP contribution is 2.27. The van der Waals surface area contributed by atoms with E-state index in [4.69, 9.17) is 21.4 Å². The zero-order valence-corrected chi connectivity index (χ0v) is 8.27. The first kappa shape index (κ1) is 10.1. The number of hydrogen-bond donors (Lipinski definition) is 1. The highest BCUT2D eigenvalue weighted by atomic mass is 35.5. The van der Waals surface area contributed by atoms with Crippen LogP contribution in [-0.4, -0.2) is 23.0 Å². The largest absolute Gasteiger partial charge is 0.447 e. The molecule has 15 heavy (non-hydrogen) atoms. The van der Waals surface area contributed by atoms with E-state index in [1.54, 1.807) is 24.3 Å². The van der Waals surface area contributed by atoms with Gasteiger partial charge in [-0.25, -0.2) is 4.79 Å². The number of aliphatic hydroxyl groups excluding tert-OH is 1. The summed E-state index contributed by atoms with van der Waals surface area (Å²) in [4.78, 5) is 22.3. The Labute approximate surface area is 90.4 Å². The molecule has 0 bridgehead atoms. The molecule has 78 valence electrons. The molecule has 2 atom stereocenters. The quantitative estimate of drug-likeness (QED) is 0.570. The van der Waals surface area contributed by atoms with Crippen LogP contribution in [0.15, 0.2) is 24.3 Å². The summed E-state index contributed by atoms with van der Waals surface area (Å²) in [7, 11) is 0. The molecule has 1 aromatic carbocycles. The molecule has 1 N–H and O–H groups in total. The number of benzene rings is 1. The number of cyclic esters (lactones) is 1. The normalized spacial score (nSPS) is 25.5. The van der Waals surface area contributed by atoms with Crippen LogP contribution >= 0.6 is 11.6 Å². The van der Waals surface area contributed by atoms with Crippen molar-refractivity contribution >= 4 is 23.4 Å². The van der Waals surface area contributed by atoms with Gasteiger partial charge in [-0.05, 0) is 12.1 Å². The number of carbonyl (C=O) groups excluding carboxylic acids is 2. The zero-order chi connectivity index (χ0) is 11.0. The minimum atomic E-state index is -1.66. The summed E-state index contributed by atoms with van der Waals surface area (Å²) in [5.74, 6) is -1.54. The van der Waals surface area contributed by atoms with Gasteiger partial charge >= 0.3 is 5.97 Å². The van der Waals surface area contributed by atoms with Crippen molar-refractivity contribution in [3.05, 3.63) is 34.9 Å². The van der Waals surface area contributed by atoms with Gasteiger partial charge in [-0.2, -0.15) is 0 Å². The van der Waals surface area contributed by atoms with Crippen molar-refractivity contribution in [1.29, 1.82) is 0 Å². The van der Waals surface area contributed by atoms with Crippen molar-refractivity contribution in [2.24, 2.45) is 0 Å². The molecule has 1 unspecified atom stereocenters. The van der Waals surface area contributed by atoms with Crippen LogP contribution in [0.25, 0.3) is 0 Å². The Morgan fingerprint density at radius 1 is 1.20 bits per heavy atom. The average molecular weight is 227 g/mol. The molecule has 4 nitrogen and oxygen atoms in total. The third-order valence-electron chi connectivity index (χ3n) is 2.16. The molecule has 0 radical (unpaired) electrons. The molecule has 0 aromatic heterocycles. The first-order valence-electron chi connectivity index (χ1n) is 4.27. The molecule has 1 aliphatic heterocycles. The van der Waals surface area contributed by atoms with Gasteiger partial charge in [0.05, 0.1) is 0 Å². The Morgan fingerprint density at radius 2 is 1.80 bits per heavy atom. The summed E-state index contributed by atoms with van der Waals surface area (Å²) < 4.78 is 4.73. The lowest BCUT2D eigenvalue weighted by Gasteiger charge is -2.07. The molecule has 0 spiro atoms. The van der Waals surface area contributed by atoms with Crippen molar-refractivity contribution in [3.8, 4) is 0 Å². The van der Waals surface area contributed by atoms with E-state index in [1.165, 1.54) is 0 Å². The number of Topliss-reactive ketones (excluding diaryl/α,β-unsaturated/α-hetero) is 1. The number of hydrogen-bond acceptors (Lipinski definition) is 4. The van der Waals surface area contributed by atoms with E-state index in [9.17, 15) is 9.59 Å². The lowest BCUT2D eigenvalue weighted by Crippen LogP contribution is -2.21. The SMILES string of the molecule is O=C1O[C@@H](c2ccc(Cl)cc2)C(=O)C1O. The van der Waals surface area contributed by atoms with Gasteiger partial charge in [-0.1, -0.05) is 23.7 Å². The Hall–Kier alpha value is -1.39. The average Bonchev–Trinajstić information content (AvgIpc) is 2.47. The molecule has 1 fully saturated rings. The molecule has 0 amide bonds. The molecule has 1 saturated heterocycles. The van der Waals surface area contributed by atoms with Crippen LogP contribution in [0.4, 0.5) is 0 Å². The number of carbonyl (C=O) groups is 2. The van der Waals surface area contributed by atoms with Gasteiger partial charge in [0.1, 0.15) is 0 Å². The molecule has 1 aromatic rings. The van der Waals surface area contributed by atoms with E-state index >= 15 is 0 Å². The first-order valence-corrected chi connectivity index (χ1v) is 4.65. The van der Waals surface area contributed by atoms with Crippen LogP contribution in [0.5, 0.6) is 0 Å². The summed E-state index contributed by atoms with van der Waals surface area (Å²) in [6.45, 7) is 0. The van der Waals surface area contributed by atoms with E-state index in [1.807, 2.05) is 0 Å². The zero-order valence-electron chi connectivity index (χ0n) is 7.51. The Balaban J connectivity index is 2.29.